The number of aliphatic carboxylic acids is 1. The van der Waals surface area contributed by atoms with Gasteiger partial charge in [-0.15, -0.1) is 11.3 Å². The van der Waals surface area contributed by atoms with Crippen molar-refractivity contribution in [2.45, 2.75) is 0 Å². The summed E-state index contributed by atoms with van der Waals surface area (Å²) < 4.78 is 0. The maximum atomic E-state index is 11.3. The molecule has 5 nitrogen and oxygen atoms in total. The van der Waals surface area contributed by atoms with Gasteiger partial charge in [0.15, 0.2) is 5.13 Å². The summed E-state index contributed by atoms with van der Waals surface area (Å²) in [4.78, 5) is 27.5. The maximum Gasteiger partial charge on any atom is 0.250 e. The lowest BCUT2D eigenvalue weighted by atomic mass is 10.4. The van der Waals surface area contributed by atoms with Gasteiger partial charge in [0.2, 0.25) is 5.91 Å². The van der Waals surface area contributed by atoms with E-state index in [1.54, 1.807) is 17.5 Å². The van der Waals surface area contributed by atoms with Gasteiger partial charge >= 0.3 is 0 Å². The molecule has 2 rings (SSSR count). The Morgan fingerprint density at radius 1 is 1.33 bits per heavy atom. The van der Waals surface area contributed by atoms with Gasteiger partial charge in [-0.3, -0.25) is 10.1 Å². The Balaban J connectivity index is 2.03. The molecular weight excluding hydrogens is 272 g/mol. The molecule has 2 aromatic rings. The molecule has 0 saturated heterocycles. The van der Waals surface area contributed by atoms with Gasteiger partial charge in [0.1, 0.15) is 0 Å². The van der Waals surface area contributed by atoms with Crippen LogP contribution in [0.3, 0.4) is 0 Å². The van der Waals surface area contributed by atoms with E-state index < -0.39 is 11.9 Å². The van der Waals surface area contributed by atoms with Crippen LogP contribution in [0.5, 0.6) is 0 Å². The summed E-state index contributed by atoms with van der Waals surface area (Å²) in [6.07, 6.45) is 3.22. The van der Waals surface area contributed by atoms with Crippen LogP contribution in [0, 0.1) is 0 Å². The molecule has 0 fully saturated rings. The van der Waals surface area contributed by atoms with Gasteiger partial charge in [0.25, 0.3) is 0 Å². The van der Waals surface area contributed by atoms with Crippen molar-refractivity contribution in [1.82, 2.24) is 4.98 Å². The molecule has 0 spiro atoms. The molecule has 2 heterocycles. The predicted molar refractivity (Wildman–Crippen MR) is 68.2 cm³/mol. The number of rotatable bonds is 4. The van der Waals surface area contributed by atoms with E-state index in [2.05, 4.69) is 10.3 Å². The van der Waals surface area contributed by atoms with Crippen LogP contribution in [0.4, 0.5) is 5.13 Å². The standard InChI is InChI=1S/C11H8N2O3S2/c14-9(3-4-10(15)16)13-11-12-6-8(18-11)7-2-1-5-17-7/h1-6H,(H,15,16)(H,12,13,14)/p-1/b4-3+. The topological polar surface area (TPSA) is 82.1 Å². The fourth-order valence-electron chi connectivity index (χ4n) is 1.16. The Hall–Kier alpha value is -1.99. The first-order valence-electron chi connectivity index (χ1n) is 4.85. The first kappa shape index (κ1) is 12.5. The normalized spacial score (nSPS) is 10.7. The summed E-state index contributed by atoms with van der Waals surface area (Å²) in [7, 11) is 0. The van der Waals surface area contributed by atoms with Crippen LogP contribution in [0.2, 0.25) is 0 Å². The van der Waals surface area contributed by atoms with Gasteiger partial charge in [-0.25, -0.2) is 4.98 Å². The lowest BCUT2D eigenvalue weighted by molar-refractivity contribution is -0.297. The van der Waals surface area contributed by atoms with Crippen LogP contribution in [-0.4, -0.2) is 16.9 Å². The lowest BCUT2D eigenvalue weighted by Gasteiger charge is -1.95. The number of carbonyl (C=O) groups excluding carboxylic acids is 2. The Bertz CT molecular complexity index is 587. The molecule has 0 atom stereocenters. The van der Waals surface area contributed by atoms with E-state index in [0.29, 0.717) is 11.2 Å². The third kappa shape index (κ3) is 3.25. The van der Waals surface area contributed by atoms with E-state index >= 15 is 0 Å². The summed E-state index contributed by atoms with van der Waals surface area (Å²) in [5.74, 6) is -1.96. The molecule has 0 unspecified atom stereocenters. The first-order valence-corrected chi connectivity index (χ1v) is 6.54. The molecule has 2 aromatic heterocycles. The van der Waals surface area contributed by atoms with Crippen LogP contribution >= 0.6 is 22.7 Å². The molecule has 92 valence electrons. The zero-order chi connectivity index (χ0) is 13.0. The second kappa shape index (κ2) is 5.56. The lowest BCUT2D eigenvalue weighted by Crippen LogP contribution is -2.20. The number of carboxylic acid groups (broad SMARTS) is 1. The van der Waals surface area contributed by atoms with Gasteiger partial charge in [0.05, 0.1) is 10.8 Å². The number of amides is 1. The van der Waals surface area contributed by atoms with Gasteiger partial charge in [-0.1, -0.05) is 17.4 Å². The molecule has 18 heavy (non-hydrogen) atoms. The van der Waals surface area contributed by atoms with E-state index in [9.17, 15) is 14.7 Å². The van der Waals surface area contributed by atoms with E-state index in [4.69, 9.17) is 0 Å². The highest BCUT2D eigenvalue weighted by atomic mass is 32.1. The highest BCUT2D eigenvalue weighted by Gasteiger charge is 2.06. The zero-order valence-electron chi connectivity index (χ0n) is 8.95. The summed E-state index contributed by atoms with van der Waals surface area (Å²) >= 11 is 2.90. The Kier molecular flexibility index (Phi) is 3.85. The van der Waals surface area contributed by atoms with E-state index in [1.165, 1.54) is 11.3 Å². The molecule has 0 aliphatic rings. The number of nitrogens with one attached hydrogen (secondary N) is 1. The minimum atomic E-state index is -1.41. The minimum Gasteiger partial charge on any atom is -0.545 e. The molecule has 0 aromatic carbocycles. The van der Waals surface area contributed by atoms with Crippen molar-refractivity contribution in [3.05, 3.63) is 35.9 Å². The summed E-state index contributed by atoms with van der Waals surface area (Å²) in [5, 5.41) is 15.0. The van der Waals surface area contributed by atoms with E-state index in [-0.39, 0.29) is 0 Å². The molecular formula is C11H7N2O3S2-. The predicted octanol–water partition coefficient (Wildman–Crippen LogP) is 1.12. The van der Waals surface area contributed by atoms with Crippen LogP contribution in [0.25, 0.3) is 9.75 Å². The van der Waals surface area contributed by atoms with Gasteiger partial charge in [0, 0.05) is 17.2 Å². The van der Waals surface area contributed by atoms with E-state index in [0.717, 1.165) is 15.8 Å². The third-order valence-corrected chi connectivity index (χ3v) is 3.85. The van der Waals surface area contributed by atoms with Crippen molar-refractivity contribution < 1.29 is 14.7 Å². The SMILES string of the molecule is O=C([O-])/C=C/C(=O)Nc1ncc(-c2cccs2)s1. The van der Waals surface area contributed by atoms with Crippen molar-refractivity contribution >= 4 is 39.7 Å². The molecule has 7 heteroatoms. The number of thiophene rings is 1. The summed E-state index contributed by atoms with van der Waals surface area (Å²) in [6.45, 7) is 0. The number of carbonyl (C=O) groups is 2. The highest BCUT2D eigenvalue weighted by Crippen LogP contribution is 2.31. The van der Waals surface area contributed by atoms with Gasteiger partial charge < -0.3 is 9.90 Å². The Labute approximate surface area is 110 Å². The highest BCUT2D eigenvalue weighted by molar-refractivity contribution is 7.23. The average molecular weight is 279 g/mol. The monoisotopic (exact) mass is 279 g/mol. The molecule has 0 aliphatic heterocycles. The van der Waals surface area contributed by atoms with Crippen LogP contribution in [0.15, 0.2) is 35.9 Å². The van der Waals surface area contributed by atoms with E-state index in [1.807, 2.05) is 17.5 Å². The van der Waals surface area contributed by atoms with Gasteiger partial charge in [-0.2, -0.15) is 0 Å². The number of carboxylic acids is 1. The number of nitrogens with zero attached hydrogens (tertiary/aromatic N) is 1. The largest absolute Gasteiger partial charge is 0.545 e. The third-order valence-electron chi connectivity index (χ3n) is 1.87. The average Bonchev–Trinajstić information content (AvgIpc) is 2.95. The molecule has 1 N–H and O–H groups in total. The number of hydrogen-bond acceptors (Lipinski definition) is 6. The molecule has 0 aliphatic carbocycles. The maximum absolute atomic E-state index is 11.3. The Morgan fingerprint density at radius 2 is 2.17 bits per heavy atom. The zero-order valence-corrected chi connectivity index (χ0v) is 10.6. The van der Waals surface area contributed by atoms with Crippen molar-refractivity contribution in [2.24, 2.45) is 0 Å². The number of aromatic nitrogens is 1. The van der Waals surface area contributed by atoms with Crippen molar-refractivity contribution in [1.29, 1.82) is 0 Å². The second-order valence-corrected chi connectivity index (χ2v) is 5.13. The molecule has 0 bridgehead atoms. The minimum absolute atomic E-state index is 0.423. The van der Waals surface area contributed by atoms with Crippen molar-refractivity contribution in [2.75, 3.05) is 5.32 Å². The number of anilines is 1. The quantitative estimate of drug-likeness (QED) is 0.850. The van der Waals surface area contributed by atoms with Crippen LogP contribution in [0.1, 0.15) is 0 Å². The summed E-state index contributed by atoms with van der Waals surface area (Å²) in [5.41, 5.74) is 0. The fraction of sp³-hybridized carbons (Fsp3) is 0. The van der Waals surface area contributed by atoms with Crippen LogP contribution in [-0.2, 0) is 9.59 Å². The van der Waals surface area contributed by atoms with Crippen LogP contribution < -0.4 is 10.4 Å². The second-order valence-electron chi connectivity index (χ2n) is 3.15. The Morgan fingerprint density at radius 3 is 2.83 bits per heavy atom. The molecule has 1 amide bonds. The smallest absolute Gasteiger partial charge is 0.250 e. The summed E-state index contributed by atoms with van der Waals surface area (Å²) in [6, 6.07) is 3.89. The van der Waals surface area contributed by atoms with Crippen molar-refractivity contribution in [3.63, 3.8) is 0 Å². The fourth-order valence-corrected chi connectivity index (χ4v) is 2.79. The first-order chi connectivity index (χ1) is 8.65. The molecule has 0 radical (unpaired) electrons. The number of hydrogen-bond donors (Lipinski definition) is 1. The van der Waals surface area contributed by atoms with Crippen molar-refractivity contribution in [3.8, 4) is 9.75 Å². The number of thiazole rings is 1. The van der Waals surface area contributed by atoms with Gasteiger partial charge in [-0.05, 0) is 17.5 Å². The molecule has 0 saturated carbocycles.